The molecule has 1 amide bonds. The molecule has 15 heteroatoms. The Kier molecular flexibility index (Phi) is 8.74. The molecule has 4 heterocycles. The predicted molar refractivity (Wildman–Crippen MR) is 173 cm³/mol. The van der Waals surface area contributed by atoms with Crippen LogP contribution in [0.4, 0.5) is 21.6 Å². The summed E-state index contributed by atoms with van der Waals surface area (Å²) in [7, 11) is 3.22. The molecule has 0 radical (unpaired) electrons. The number of halogens is 1. The van der Waals surface area contributed by atoms with Gasteiger partial charge in [0.05, 0.1) is 30.1 Å². The molecule has 2 N–H and O–H groups in total. The van der Waals surface area contributed by atoms with E-state index in [9.17, 15) is 4.79 Å². The van der Waals surface area contributed by atoms with E-state index in [2.05, 4.69) is 40.7 Å². The summed E-state index contributed by atoms with van der Waals surface area (Å²) in [5.41, 5.74) is 1.63. The lowest BCUT2D eigenvalue weighted by atomic mass is 10.1. The van der Waals surface area contributed by atoms with E-state index in [-0.39, 0.29) is 23.4 Å². The Labute approximate surface area is 272 Å². The molecule has 2 fully saturated rings. The van der Waals surface area contributed by atoms with Crippen LogP contribution in [0.3, 0.4) is 0 Å². The zero-order chi connectivity index (χ0) is 32.3. The van der Waals surface area contributed by atoms with Crippen LogP contribution in [0.15, 0.2) is 58.6 Å². The van der Waals surface area contributed by atoms with E-state index in [0.717, 1.165) is 32.4 Å². The second-order valence-corrected chi connectivity index (χ2v) is 12.0. The number of thiazole rings is 1. The van der Waals surface area contributed by atoms with Crippen molar-refractivity contribution >= 4 is 45.3 Å². The third-order valence-corrected chi connectivity index (χ3v) is 8.60. The van der Waals surface area contributed by atoms with Crippen LogP contribution in [0.25, 0.3) is 22.5 Å². The van der Waals surface area contributed by atoms with Crippen molar-refractivity contribution in [1.29, 1.82) is 0 Å². The number of hydrogen-bond donors (Lipinski definition) is 2. The highest BCUT2D eigenvalue weighted by Gasteiger charge is 2.30. The highest BCUT2D eigenvalue weighted by Crippen LogP contribution is 2.40. The summed E-state index contributed by atoms with van der Waals surface area (Å²) in [5, 5.41) is 16.7. The van der Waals surface area contributed by atoms with Crippen LogP contribution in [-0.2, 0) is 9.53 Å². The number of aromatic nitrogens is 5. The van der Waals surface area contributed by atoms with Gasteiger partial charge in [0.15, 0.2) is 0 Å². The zero-order valence-corrected chi connectivity index (χ0v) is 26.4. The number of anilines is 3. The fourth-order valence-electron chi connectivity index (χ4n) is 5.21. The maximum Gasteiger partial charge on any atom is 0.279 e. The predicted octanol–water partition coefficient (Wildman–Crippen LogP) is 5.91. The van der Waals surface area contributed by atoms with Gasteiger partial charge in [-0.15, -0.1) is 10.2 Å². The van der Waals surface area contributed by atoms with Crippen molar-refractivity contribution in [3.05, 3.63) is 65.9 Å². The monoisotopic (exact) mass is 658 g/mol. The van der Waals surface area contributed by atoms with E-state index in [1.807, 2.05) is 6.08 Å². The Morgan fingerprint density at radius 1 is 1.15 bits per heavy atom. The number of benzene rings is 2. The average molecular weight is 659 g/mol. The highest BCUT2D eigenvalue weighted by molar-refractivity contribution is 7.11. The number of amides is 1. The molecule has 5 aromatic rings. The Morgan fingerprint density at radius 3 is 2.83 bits per heavy atom. The number of carbonyl (C=O) groups excluding carboxylic acids is 1. The standard InChI is InChI=1S/C32H31FN8O5S/c1-43-20-9-11-41(15-20)10-3-4-28(42)36-25-13-21-24(14-27(25)44-2)34-17-35-29(21)37-23-8-7-19(12-22(23)33)45-32-38-26(16-47-32)31-40-39-30(46-31)18-5-6-18/h3-4,7-8,12-14,16-18,20H,5-6,9-11,15H2,1-2H3,(H,36,42)(H,34,35,37)/b4-3+/t20-/m1/s1. The Hall–Kier alpha value is -4.99. The van der Waals surface area contributed by atoms with Crippen molar-refractivity contribution in [1.82, 2.24) is 30.0 Å². The first-order valence-electron chi connectivity index (χ1n) is 15.0. The molecular formula is C32H31FN8O5S. The van der Waals surface area contributed by atoms with Crippen molar-refractivity contribution in [3.8, 4) is 28.3 Å². The molecule has 1 atom stereocenters. The molecule has 47 heavy (non-hydrogen) atoms. The first-order chi connectivity index (χ1) is 22.9. The van der Waals surface area contributed by atoms with Gasteiger partial charge in [0, 0.05) is 61.6 Å². The van der Waals surface area contributed by atoms with E-state index < -0.39 is 5.82 Å². The third kappa shape index (κ3) is 7.06. The molecule has 13 nitrogen and oxygen atoms in total. The minimum Gasteiger partial charge on any atom is -0.494 e. The highest BCUT2D eigenvalue weighted by atomic mass is 32.1. The van der Waals surface area contributed by atoms with Crippen LogP contribution in [0.5, 0.6) is 16.7 Å². The van der Waals surface area contributed by atoms with Crippen LogP contribution in [0.2, 0.25) is 0 Å². The summed E-state index contributed by atoms with van der Waals surface area (Å²) < 4.78 is 37.7. The van der Waals surface area contributed by atoms with Crippen LogP contribution < -0.4 is 20.1 Å². The van der Waals surface area contributed by atoms with Crippen molar-refractivity contribution in [3.63, 3.8) is 0 Å². The summed E-state index contributed by atoms with van der Waals surface area (Å²) in [6.45, 7) is 2.40. The number of rotatable bonds is 12. The summed E-state index contributed by atoms with van der Waals surface area (Å²) in [6.07, 6.45) is 7.99. The lowest BCUT2D eigenvalue weighted by molar-refractivity contribution is -0.111. The molecule has 7 rings (SSSR count). The van der Waals surface area contributed by atoms with E-state index in [4.69, 9.17) is 18.6 Å². The number of ether oxygens (including phenoxy) is 3. The minimum absolute atomic E-state index is 0.164. The van der Waals surface area contributed by atoms with Crippen LogP contribution >= 0.6 is 11.3 Å². The lowest BCUT2D eigenvalue weighted by Gasteiger charge is -2.14. The molecule has 1 saturated heterocycles. The number of likely N-dealkylation sites (tertiary alicyclic amines) is 1. The topological polar surface area (TPSA) is 150 Å². The second kappa shape index (κ2) is 13.4. The number of fused-ring (bicyclic) bond motifs is 1. The third-order valence-electron chi connectivity index (χ3n) is 7.88. The average Bonchev–Trinajstić information content (AvgIpc) is 3.41. The Morgan fingerprint density at radius 2 is 2.04 bits per heavy atom. The molecular weight excluding hydrogens is 627 g/mol. The van der Waals surface area contributed by atoms with Gasteiger partial charge in [0.25, 0.3) is 11.1 Å². The molecule has 242 valence electrons. The van der Waals surface area contributed by atoms with Crippen LogP contribution in [0, 0.1) is 5.82 Å². The van der Waals surface area contributed by atoms with Gasteiger partial charge in [0.2, 0.25) is 11.8 Å². The van der Waals surface area contributed by atoms with Gasteiger partial charge in [-0.1, -0.05) is 17.4 Å². The number of nitrogens with zero attached hydrogens (tertiary/aromatic N) is 6. The van der Waals surface area contributed by atoms with Crippen molar-refractivity contribution < 1.29 is 27.8 Å². The van der Waals surface area contributed by atoms with Gasteiger partial charge in [-0.3, -0.25) is 9.69 Å². The number of methoxy groups -OCH3 is 2. The SMILES string of the molecule is COc1cc2ncnc(Nc3ccc(Oc4nc(-c5nnc(C6CC6)o5)cs4)cc3F)c2cc1NC(=O)/C=C/CN1CC[C@@H](OC)C1. The van der Waals surface area contributed by atoms with Gasteiger partial charge < -0.3 is 29.3 Å². The molecule has 3 aromatic heterocycles. The second-order valence-electron chi connectivity index (χ2n) is 11.2. The molecule has 0 unspecified atom stereocenters. The molecule has 2 aromatic carbocycles. The molecule has 0 spiro atoms. The quantitative estimate of drug-likeness (QED) is 0.153. The number of carbonyl (C=O) groups is 1. The zero-order valence-electron chi connectivity index (χ0n) is 25.6. The largest absolute Gasteiger partial charge is 0.494 e. The van der Waals surface area contributed by atoms with Gasteiger partial charge in [-0.05, 0) is 37.5 Å². The van der Waals surface area contributed by atoms with E-state index in [0.29, 0.717) is 63.3 Å². The fourth-order valence-corrected chi connectivity index (χ4v) is 5.87. The molecule has 1 saturated carbocycles. The molecule has 2 aliphatic rings. The molecule has 1 aliphatic carbocycles. The van der Waals surface area contributed by atoms with Gasteiger partial charge in [-0.2, -0.15) is 4.98 Å². The van der Waals surface area contributed by atoms with Crippen LogP contribution in [0.1, 0.15) is 31.1 Å². The minimum atomic E-state index is -0.570. The van der Waals surface area contributed by atoms with Crippen molar-refractivity contribution in [2.75, 3.05) is 44.5 Å². The number of hydrogen-bond acceptors (Lipinski definition) is 13. The summed E-state index contributed by atoms with van der Waals surface area (Å²) in [5.74, 6) is 1.44. The molecule has 0 bridgehead atoms. The first kappa shape index (κ1) is 30.7. The maximum absolute atomic E-state index is 15.3. The summed E-state index contributed by atoms with van der Waals surface area (Å²) >= 11 is 1.24. The fraction of sp³-hybridized carbons (Fsp3) is 0.312. The first-order valence-corrected chi connectivity index (χ1v) is 15.9. The lowest BCUT2D eigenvalue weighted by Crippen LogP contribution is -2.23. The normalized spacial score (nSPS) is 16.6. The van der Waals surface area contributed by atoms with E-state index >= 15 is 4.39 Å². The van der Waals surface area contributed by atoms with Crippen LogP contribution in [-0.4, -0.2) is 75.9 Å². The van der Waals surface area contributed by atoms with Gasteiger partial charge in [0.1, 0.15) is 35.2 Å². The smallest absolute Gasteiger partial charge is 0.279 e. The van der Waals surface area contributed by atoms with E-state index in [1.54, 1.807) is 36.8 Å². The van der Waals surface area contributed by atoms with Crippen molar-refractivity contribution in [2.45, 2.75) is 31.3 Å². The maximum atomic E-state index is 15.3. The van der Waals surface area contributed by atoms with Gasteiger partial charge in [-0.25, -0.2) is 14.4 Å². The number of nitrogens with one attached hydrogen (secondary N) is 2. The van der Waals surface area contributed by atoms with E-state index in [1.165, 1.54) is 36.9 Å². The van der Waals surface area contributed by atoms with Crippen molar-refractivity contribution in [2.24, 2.45) is 0 Å². The Balaban J connectivity index is 1.03. The Bertz CT molecular complexity index is 1940. The summed E-state index contributed by atoms with van der Waals surface area (Å²) in [4.78, 5) is 28.1. The molecule has 1 aliphatic heterocycles. The summed E-state index contributed by atoms with van der Waals surface area (Å²) in [6, 6.07) is 7.79. The van der Waals surface area contributed by atoms with Gasteiger partial charge >= 0.3 is 0 Å².